The average molecular weight is 582 g/mol. The van der Waals surface area contributed by atoms with E-state index in [1.165, 1.54) is 0 Å². The van der Waals surface area contributed by atoms with Crippen molar-refractivity contribution >= 4 is 50.3 Å². The first-order chi connectivity index (χ1) is 18.6. The van der Waals surface area contributed by atoms with Crippen molar-refractivity contribution in [2.45, 2.75) is 25.9 Å². The van der Waals surface area contributed by atoms with E-state index in [0.29, 0.717) is 21.6 Å². The number of pyridine rings is 1. The smallest absolute Gasteiger partial charge is 0.229 e. The Labute approximate surface area is 238 Å². The van der Waals surface area contributed by atoms with Crippen molar-refractivity contribution < 1.29 is 13.2 Å². The summed E-state index contributed by atoms with van der Waals surface area (Å²) in [5, 5.41) is 4.63. The molecule has 39 heavy (non-hydrogen) atoms. The number of hydrogen-bond acceptors (Lipinski definition) is 5. The quantitative estimate of drug-likeness (QED) is 0.271. The molecule has 5 rings (SSSR count). The van der Waals surface area contributed by atoms with Gasteiger partial charge in [0.05, 0.1) is 36.8 Å². The molecule has 2 aromatic heterocycles. The third kappa shape index (κ3) is 5.32. The largest absolute Gasteiger partial charge is 0.495 e. The van der Waals surface area contributed by atoms with Gasteiger partial charge in [-0.25, -0.2) is 8.42 Å². The van der Waals surface area contributed by atoms with Gasteiger partial charge in [-0.05, 0) is 92.3 Å². The van der Waals surface area contributed by atoms with Gasteiger partial charge in [0.1, 0.15) is 5.75 Å². The molecule has 0 radical (unpaired) electrons. The summed E-state index contributed by atoms with van der Waals surface area (Å²) in [4.78, 5) is 6.70. The Morgan fingerprint density at radius 2 is 1.82 bits per heavy atom. The molecule has 0 spiro atoms. The Balaban J connectivity index is 1.65. The molecule has 1 saturated heterocycles. The minimum atomic E-state index is -3.39. The molecule has 2 atom stereocenters. The number of anilines is 2. The van der Waals surface area contributed by atoms with Gasteiger partial charge in [0, 0.05) is 34.0 Å². The molecule has 2 aromatic carbocycles. The molecule has 1 aliphatic heterocycles. The summed E-state index contributed by atoms with van der Waals surface area (Å²) in [5.74, 6) is 0.708. The van der Waals surface area contributed by atoms with Gasteiger partial charge in [-0.15, -0.1) is 0 Å². The highest BCUT2D eigenvalue weighted by Crippen LogP contribution is 2.44. The van der Waals surface area contributed by atoms with Crippen molar-refractivity contribution in [2.24, 2.45) is 0 Å². The highest BCUT2D eigenvalue weighted by molar-refractivity contribution is 7.92. The molecular weight excluding hydrogens is 554 g/mol. The summed E-state index contributed by atoms with van der Waals surface area (Å²) in [7, 11) is -1.75. The first-order valence-electron chi connectivity index (χ1n) is 12.2. The van der Waals surface area contributed by atoms with E-state index in [9.17, 15) is 8.42 Å². The van der Waals surface area contributed by atoms with Crippen LogP contribution in [0.5, 0.6) is 5.75 Å². The Hall–Kier alpha value is -3.60. The van der Waals surface area contributed by atoms with E-state index in [1.807, 2.05) is 49.4 Å². The number of sulfonamides is 1. The first kappa shape index (κ1) is 27.0. The van der Waals surface area contributed by atoms with Crippen LogP contribution in [0, 0.1) is 13.8 Å². The van der Waals surface area contributed by atoms with Gasteiger partial charge in [-0.3, -0.25) is 9.71 Å². The van der Waals surface area contributed by atoms with Crippen LogP contribution < -0.4 is 19.7 Å². The molecule has 1 aliphatic rings. The molecule has 0 unspecified atom stereocenters. The number of thiocarbonyl (C=S) groups is 1. The number of ether oxygens (including phenoxy) is 1. The van der Waals surface area contributed by atoms with Gasteiger partial charge < -0.3 is 19.5 Å². The number of nitrogens with zero attached hydrogens (tertiary/aromatic N) is 3. The van der Waals surface area contributed by atoms with Crippen LogP contribution in [0.3, 0.4) is 0 Å². The Kier molecular flexibility index (Phi) is 7.28. The van der Waals surface area contributed by atoms with Gasteiger partial charge in [0.15, 0.2) is 5.11 Å². The first-order valence-corrected chi connectivity index (χ1v) is 14.9. The second-order valence-electron chi connectivity index (χ2n) is 9.40. The zero-order valence-electron chi connectivity index (χ0n) is 21.8. The number of aromatic nitrogens is 2. The Morgan fingerprint density at radius 3 is 2.46 bits per heavy atom. The number of nitrogens with one attached hydrogen (secondary N) is 2. The van der Waals surface area contributed by atoms with E-state index in [1.54, 1.807) is 31.5 Å². The second-order valence-corrected chi connectivity index (χ2v) is 12.0. The molecule has 1 fully saturated rings. The van der Waals surface area contributed by atoms with Gasteiger partial charge in [0.25, 0.3) is 0 Å². The van der Waals surface area contributed by atoms with Crippen LogP contribution in [0.15, 0.2) is 72.9 Å². The van der Waals surface area contributed by atoms with Crippen LogP contribution in [0.1, 0.15) is 34.7 Å². The highest BCUT2D eigenvalue weighted by Gasteiger charge is 2.42. The predicted octanol–water partition coefficient (Wildman–Crippen LogP) is 5.70. The molecule has 8 nitrogen and oxygen atoms in total. The molecule has 3 heterocycles. The minimum absolute atomic E-state index is 0.234. The maximum Gasteiger partial charge on any atom is 0.229 e. The number of benzene rings is 2. The topological polar surface area (TPSA) is 88.5 Å². The highest BCUT2D eigenvalue weighted by atomic mass is 35.5. The second kappa shape index (κ2) is 10.5. The third-order valence-electron chi connectivity index (χ3n) is 6.72. The number of aryl methyl sites for hydroxylation is 1. The van der Waals surface area contributed by atoms with E-state index in [2.05, 4.69) is 37.5 Å². The van der Waals surface area contributed by atoms with E-state index < -0.39 is 10.0 Å². The van der Waals surface area contributed by atoms with Crippen LogP contribution in [0.2, 0.25) is 5.02 Å². The SMILES string of the molecule is COc1ccc(Cl)cc1-n1c(C)cc([C@H]2[C@H](c3ccccn3)NC(=S)N2c2ccc(NS(C)(=O)=O)cc2)c1C. The van der Waals surface area contributed by atoms with Crippen molar-refractivity contribution in [2.75, 3.05) is 23.0 Å². The van der Waals surface area contributed by atoms with Crippen molar-refractivity contribution in [3.63, 3.8) is 0 Å². The average Bonchev–Trinajstić information content (AvgIpc) is 3.39. The summed E-state index contributed by atoms with van der Waals surface area (Å²) in [5.41, 5.74) is 6.06. The fraction of sp³-hybridized carbons (Fsp3) is 0.214. The van der Waals surface area contributed by atoms with Crippen molar-refractivity contribution in [3.8, 4) is 11.4 Å². The van der Waals surface area contributed by atoms with Crippen LogP contribution in [-0.4, -0.2) is 36.4 Å². The van der Waals surface area contributed by atoms with E-state index >= 15 is 0 Å². The van der Waals surface area contributed by atoms with Crippen molar-refractivity contribution in [3.05, 3.63) is 101 Å². The molecule has 0 bridgehead atoms. The number of rotatable bonds is 7. The molecule has 0 amide bonds. The lowest BCUT2D eigenvalue weighted by Gasteiger charge is -2.28. The maximum atomic E-state index is 11.7. The van der Waals surface area contributed by atoms with E-state index in [4.69, 9.17) is 28.6 Å². The van der Waals surface area contributed by atoms with Gasteiger partial charge in [-0.1, -0.05) is 17.7 Å². The summed E-state index contributed by atoms with van der Waals surface area (Å²) in [6.45, 7) is 4.11. The van der Waals surface area contributed by atoms with Gasteiger partial charge in [-0.2, -0.15) is 0 Å². The lowest BCUT2D eigenvalue weighted by molar-refractivity contribution is 0.412. The standard InChI is InChI=1S/C28H28ClN5O3S2/c1-17-15-22(18(2)33(17)24-16-19(29)8-13-25(24)37-3)27-26(23-7-5-6-14-30-23)31-28(38)34(27)21-11-9-20(10-12-21)32-39(4,35)36/h5-16,26-27,32H,1-4H3,(H,31,38)/t26-,27-/m0/s1. The zero-order valence-corrected chi connectivity index (χ0v) is 24.2. The van der Waals surface area contributed by atoms with Crippen LogP contribution in [0.25, 0.3) is 5.69 Å². The maximum absolute atomic E-state index is 11.7. The zero-order chi connectivity index (χ0) is 27.9. The number of methoxy groups -OCH3 is 1. The van der Waals surface area contributed by atoms with Crippen LogP contribution in [0.4, 0.5) is 11.4 Å². The summed E-state index contributed by atoms with van der Waals surface area (Å²) >= 11 is 12.2. The monoisotopic (exact) mass is 581 g/mol. The Bertz CT molecular complexity index is 1640. The summed E-state index contributed by atoms with van der Waals surface area (Å²) in [6, 6.07) is 20.2. The molecule has 11 heteroatoms. The fourth-order valence-corrected chi connectivity index (χ4v) is 6.23. The molecule has 202 valence electrons. The number of hydrogen-bond donors (Lipinski definition) is 2. The molecule has 2 N–H and O–H groups in total. The summed E-state index contributed by atoms with van der Waals surface area (Å²) in [6.07, 6.45) is 2.89. The Morgan fingerprint density at radius 1 is 1.08 bits per heavy atom. The number of halogens is 1. The summed E-state index contributed by atoms with van der Waals surface area (Å²) < 4.78 is 33.7. The normalized spacial score (nSPS) is 17.3. The molecule has 0 saturated carbocycles. The fourth-order valence-electron chi connectivity index (χ4n) is 5.15. The third-order valence-corrected chi connectivity index (χ3v) is 7.87. The molecule has 4 aromatic rings. The van der Waals surface area contributed by atoms with Gasteiger partial charge >= 0.3 is 0 Å². The predicted molar refractivity (Wildman–Crippen MR) is 160 cm³/mol. The van der Waals surface area contributed by atoms with Crippen molar-refractivity contribution in [1.82, 2.24) is 14.9 Å². The molecular formula is C28H28ClN5O3S2. The van der Waals surface area contributed by atoms with Crippen molar-refractivity contribution in [1.29, 1.82) is 0 Å². The lowest BCUT2D eigenvalue weighted by atomic mass is 9.96. The van der Waals surface area contributed by atoms with E-state index in [0.717, 1.165) is 40.3 Å². The minimum Gasteiger partial charge on any atom is -0.495 e. The van der Waals surface area contributed by atoms with E-state index in [-0.39, 0.29) is 12.1 Å². The lowest BCUT2D eigenvalue weighted by Crippen LogP contribution is -2.29. The van der Waals surface area contributed by atoms with Crippen LogP contribution >= 0.6 is 23.8 Å². The van der Waals surface area contributed by atoms with Gasteiger partial charge in [0.2, 0.25) is 10.0 Å². The van der Waals surface area contributed by atoms with Crippen LogP contribution in [-0.2, 0) is 10.0 Å². The molecule has 0 aliphatic carbocycles.